The molecular weight excluding hydrogens is 326 g/mol. The Labute approximate surface area is 143 Å². The van der Waals surface area contributed by atoms with Crippen LogP contribution in [0.15, 0.2) is 42.6 Å². The van der Waals surface area contributed by atoms with E-state index in [2.05, 4.69) is 15.4 Å². The predicted molar refractivity (Wildman–Crippen MR) is 88.4 cm³/mol. The van der Waals surface area contributed by atoms with E-state index in [-0.39, 0.29) is 12.5 Å². The predicted octanol–water partition coefficient (Wildman–Crippen LogP) is 3.09. The molecule has 128 valence electrons. The van der Waals surface area contributed by atoms with E-state index in [1.165, 1.54) is 18.3 Å². The maximum Gasteiger partial charge on any atom is 0.253 e. The van der Waals surface area contributed by atoms with Gasteiger partial charge in [0.25, 0.3) is 5.91 Å². The van der Waals surface area contributed by atoms with Crippen molar-refractivity contribution in [2.24, 2.45) is 0 Å². The fourth-order valence-electron chi connectivity index (χ4n) is 2.50. The molecule has 5 nitrogen and oxygen atoms in total. The maximum absolute atomic E-state index is 13.1. The van der Waals surface area contributed by atoms with Crippen molar-refractivity contribution in [2.75, 3.05) is 0 Å². The van der Waals surface area contributed by atoms with Crippen LogP contribution in [-0.2, 0) is 6.54 Å². The van der Waals surface area contributed by atoms with Crippen molar-refractivity contribution >= 4 is 5.91 Å². The molecule has 0 unspecified atom stereocenters. The van der Waals surface area contributed by atoms with E-state index in [1.54, 1.807) is 16.8 Å². The van der Waals surface area contributed by atoms with Crippen LogP contribution in [0.1, 0.15) is 27.3 Å². The van der Waals surface area contributed by atoms with Crippen molar-refractivity contribution in [1.29, 1.82) is 0 Å². The van der Waals surface area contributed by atoms with Gasteiger partial charge in [0.15, 0.2) is 5.82 Å². The molecule has 0 atom stereocenters. The normalized spacial score (nSPS) is 10.7. The molecule has 0 spiro atoms. The topological polar surface area (TPSA) is 59.8 Å². The average Bonchev–Trinajstić information content (AvgIpc) is 2.90. The van der Waals surface area contributed by atoms with Gasteiger partial charge in [-0.05, 0) is 49.7 Å². The third-order valence-corrected chi connectivity index (χ3v) is 3.61. The van der Waals surface area contributed by atoms with Gasteiger partial charge in [0.2, 0.25) is 0 Å². The largest absolute Gasteiger partial charge is 0.348 e. The minimum Gasteiger partial charge on any atom is -0.348 e. The SMILES string of the molecule is Cc1cc(C)n(-c2ccc(C(=O)NCc3cc(F)cc(F)c3)cn2)n1. The molecule has 0 saturated heterocycles. The number of carbonyl (C=O) groups is 1. The minimum atomic E-state index is -0.680. The molecule has 0 aliphatic carbocycles. The number of benzene rings is 1. The first-order chi connectivity index (χ1) is 11.9. The molecular formula is C18H16F2N4O. The monoisotopic (exact) mass is 342 g/mol. The van der Waals surface area contributed by atoms with E-state index in [1.807, 2.05) is 19.9 Å². The molecule has 0 saturated carbocycles. The lowest BCUT2D eigenvalue weighted by Crippen LogP contribution is -2.23. The molecule has 1 aromatic carbocycles. The number of pyridine rings is 1. The molecule has 25 heavy (non-hydrogen) atoms. The summed E-state index contributed by atoms with van der Waals surface area (Å²) in [6, 6.07) is 8.38. The van der Waals surface area contributed by atoms with E-state index in [9.17, 15) is 13.6 Å². The van der Waals surface area contributed by atoms with Crippen LogP contribution < -0.4 is 5.32 Å². The number of amides is 1. The Kier molecular flexibility index (Phi) is 4.56. The van der Waals surface area contributed by atoms with Gasteiger partial charge in [-0.2, -0.15) is 5.10 Å². The molecule has 0 fully saturated rings. The quantitative estimate of drug-likeness (QED) is 0.793. The van der Waals surface area contributed by atoms with Crippen molar-refractivity contribution in [3.05, 3.63) is 76.7 Å². The van der Waals surface area contributed by atoms with Gasteiger partial charge in [0.05, 0.1) is 11.3 Å². The van der Waals surface area contributed by atoms with Gasteiger partial charge >= 0.3 is 0 Å². The summed E-state index contributed by atoms with van der Waals surface area (Å²) in [5.74, 6) is -1.13. The van der Waals surface area contributed by atoms with Crippen LogP contribution in [0, 0.1) is 25.5 Å². The Bertz CT molecular complexity index is 899. The van der Waals surface area contributed by atoms with Gasteiger partial charge in [-0.1, -0.05) is 0 Å². The second kappa shape index (κ2) is 6.80. The molecule has 2 aromatic heterocycles. The zero-order valence-electron chi connectivity index (χ0n) is 13.8. The van der Waals surface area contributed by atoms with Crippen LogP contribution >= 0.6 is 0 Å². The summed E-state index contributed by atoms with van der Waals surface area (Å²) in [7, 11) is 0. The van der Waals surface area contributed by atoms with E-state index in [0.29, 0.717) is 16.9 Å². The van der Waals surface area contributed by atoms with Crippen LogP contribution in [0.25, 0.3) is 5.82 Å². The van der Waals surface area contributed by atoms with Gasteiger partial charge in [0, 0.05) is 24.5 Å². The van der Waals surface area contributed by atoms with Crippen molar-refractivity contribution in [1.82, 2.24) is 20.1 Å². The minimum absolute atomic E-state index is 0.0206. The Morgan fingerprint density at radius 1 is 1.12 bits per heavy atom. The van der Waals surface area contributed by atoms with Crippen LogP contribution in [0.2, 0.25) is 0 Å². The molecule has 3 aromatic rings. The highest BCUT2D eigenvalue weighted by atomic mass is 19.1. The molecule has 0 aliphatic rings. The summed E-state index contributed by atoms with van der Waals surface area (Å²) in [5, 5.41) is 6.94. The lowest BCUT2D eigenvalue weighted by atomic mass is 10.2. The Hall–Kier alpha value is -3.09. The van der Waals surface area contributed by atoms with Crippen LogP contribution in [0.3, 0.4) is 0 Å². The average molecular weight is 342 g/mol. The number of hydrogen-bond acceptors (Lipinski definition) is 3. The van der Waals surface area contributed by atoms with Crippen LogP contribution in [0.5, 0.6) is 0 Å². The lowest BCUT2D eigenvalue weighted by Gasteiger charge is -2.07. The highest BCUT2D eigenvalue weighted by molar-refractivity contribution is 5.93. The van der Waals surface area contributed by atoms with Crippen molar-refractivity contribution in [3.63, 3.8) is 0 Å². The summed E-state index contributed by atoms with van der Waals surface area (Å²) in [6.45, 7) is 3.83. The number of aryl methyl sites for hydroxylation is 2. The molecule has 1 amide bonds. The van der Waals surface area contributed by atoms with Gasteiger partial charge in [-0.3, -0.25) is 4.79 Å². The molecule has 7 heteroatoms. The zero-order valence-corrected chi connectivity index (χ0v) is 13.8. The molecule has 3 rings (SSSR count). The van der Waals surface area contributed by atoms with Crippen molar-refractivity contribution < 1.29 is 13.6 Å². The molecule has 0 bridgehead atoms. The molecule has 2 heterocycles. The number of carbonyl (C=O) groups excluding carboxylic acids is 1. The highest BCUT2D eigenvalue weighted by Crippen LogP contribution is 2.11. The summed E-state index contributed by atoms with van der Waals surface area (Å²) in [5.41, 5.74) is 2.51. The van der Waals surface area contributed by atoms with Crippen LogP contribution in [0.4, 0.5) is 8.78 Å². The summed E-state index contributed by atoms with van der Waals surface area (Å²) < 4.78 is 28.0. The maximum atomic E-state index is 13.1. The van der Waals surface area contributed by atoms with Crippen molar-refractivity contribution in [2.45, 2.75) is 20.4 Å². The van der Waals surface area contributed by atoms with Gasteiger partial charge in [-0.15, -0.1) is 0 Å². The summed E-state index contributed by atoms with van der Waals surface area (Å²) in [6.07, 6.45) is 1.44. The van der Waals surface area contributed by atoms with Gasteiger partial charge < -0.3 is 5.32 Å². The Balaban J connectivity index is 1.69. The number of halogens is 2. The Morgan fingerprint density at radius 3 is 2.40 bits per heavy atom. The number of nitrogens with one attached hydrogen (secondary N) is 1. The fraction of sp³-hybridized carbons (Fsp3) is 0.167. The summed E-state index contributed by atoms with van der Waals surface area (Å²) in [4.78, 5) is 16.4. The second-order valence-corrected chi connectivity index (χ2v) is 5.70. The van der Waals surface area contributed by atoms with E-state index < -0.39 is 11.6 Å². The standard InChI is InChI=1S/C18H16F2N4O/c1-11-5-12(2)24(23-11)17-4-3-14(10-21-17)18(25)22-9-13-6-15(19)8-16(20)7-13/h3-8,10H,9H2,1-2H3,(H,22,25). The third kappa shape index (κ3) is 3.88. The highest BCUT2D eigenvalue weighted by Gasteiger charge is 2.09. The fourth-order valence-corrected chi connectivity index (χ4v) is 2.50. The Morgan fingerprint density at radius 2 is 1.84 bits per heavy atom. The van der Waals surface area contributed by atoms with E-state index >= 15 is 0 Å². The first kappa shape index (κ1) is 16.8. The van der Waals surface area contributed by atoms with Gasteiger partial charge in [0.1, 0.15) is 11.6 Å². The first-order valence-corrected chi connectivity index (χ1v) is 7.65. The second-order valence-electron chi connectivity index (χ2n) is 5.70. The number of aromatic nitrogens is 3. The van der Waals surface area contributed by atoms with Crippen molar-refractivity contribution in [3.8, 4) is 5.82 Å². The number of hydrogen-bond donors (Lipinski definition) is 1. The third-order valence-electron chi connectivity index (χ3n) is 3.61. The molecule has 0 aliphatic heterocycles. The number of nitrogens with zero attached hydrogens (tertiary/aromatic N) is 3. The molecule has 1 N–H and O–H groups in total. The zero-order chi connectivity index (χ0) is 18.0. The molecule has 0 radical (unpaired) electrons. The van der Waals surface area contributed by atoms with Gasteiger partial charge in [-0.25, -0.2) is 18.4 Å². The smallest absolute Gasteiger partial charge is 0.253 e. The lowest BCUT2D eigenvalue weighted by molar-refractivity contribution is 0.0950. The van der Waals surface area contributed by atoms with E-state index in [4.69, 9.17) is 0 Å². The van der Waals surface area contributed by atoms with E-state index in [0.717, 1.165) is 17.5 Å². The summed E-state index contributed by atoms with van der Waals surface area (Å²) >= 11 is 0. The first-order valence-electron chi connectivity index (χ1n) is 7.65. The number of rotatable bonds is 4. The van der Waals surface area contributed by atoms with Crippen LogP contribution in [-0.4, -0.2) is 20.7 Å².